The molecule has 4 rings (SSSR count). The molecule has 2 aromatic heterocycles. The molecule has 0 aliphatic carbocycles. The number of carbonyl (C=O) groups excluding carboxylic acids is 1. The number of aryl methyl sites for hydroxylation is 1. The molecule has 0 aliphatic rings. The molecule has 0 unspecified atom stereocenters. The zero-order valence-electron chi connectivity index (χ0n) is 16.9. The van der Waals surface area contributed by atoms with E-state index in [1.807, 2.05) is 0 Å². The molecule has 4 aromatic rings. The predicted molar refractivity (Wildman–Crippen MR) is 114 cm³/mol. The number of hydrogen-bond acceptors (Lipinski definition) is 5. The molecule has 0 saturated heterocycles. The second-order valence-corrected chi connectivity index (χ2v) is 7.45. The number of amides is 1. The summed E-state index contributed by atoms with van der Waals surface area (Å²) in [7, 11) is 0. The molecule has 11 heteroatoms. The first-order chi connectivity index (χ1) is 15.6. The van der Waals surface area contributed by atoms with Gasteiger partial charge in [0.1, 0.15) is 18.1 Å². The van der Waals surface area contributed by atoms with E-state index in [1.54, 1.807) is 13.0 Å². The fraction of sp³-hybridized carbons (Fsp3) is 0.136. The van der Waals surface area contributed by atoms with Crippen LogP contribution in [0.15, 0.2) is 63.9 Å². The maximum atomic E-state index is 13.3. The summed E-state index contributed by atoms with van der Waals surface area (Å²) in [5.41, 5.74) is -1.38. The minimum Gasteiger partial charge on any atom is -0.485 e. The maximum Gasteiger partial charge on any atom is 0.417 e. The van der Waals surface area contributed by atoms with Crippen molar-refractivity contribution >= 4 is 28.8 Å². The van der Waals surface area contributed by atoms with Crippen LogP contribution >= 0.6 is 11.6 Å². The van der Waals surface area contributed by atoms with E-state index in [1.165, 1.54) is 36.4 Å². The zero-order chi connectivity index (χ0) is 23.8. The lowest BCUT2D eigenvalue weighted by molar-refractivity contribution is -0.137. The van der Waals surface area contributed by atoms with Gasteiger partial charge in [0.15, 0.2) is 5.65 Å². The quantitative estimate of drug-likeness (QED) is 0.432. The van der Waals surface area contributed by atoms with Gasteiger partial charge < -0.3 is 14.6 Å². The molecule has 0 radical (unpaired) electrons. The number of aromatic nitrogens is 2. The Labute approximate surface area is 189 Å². The Bertz CT molecular complexity index is 1410. The lowest BCUT2D eigenvalue weighted by Gasteiger charge is -2.15. The Kier molecular flexibility index (Phi) is 5.86. The summed E-state index contributed by atoms with van der Waals surface area (Å²) in [6.07, 6.45) is -4.70. The Morgan fingerprint density at radius 3 is 2.70 bits per heavy atom. The summed E-state index contributed by atoms with van der Waals surface area (Å²) in [5.74, 6) is -0.385. The van der Waals surface area contributed by atoms with Gasteiger partial charge in [0, 0.05) is 23.2 Å². The molecule has 0 aliphatic heterocycles. The summed E-state index contributed by atoms with van der Waals surface area (Å²) < 4.78 is 51.8. The van der Waals surface area contributed by atoms with Gasteiger partial charge in [0.25, 0.3) is 11.5 Å². The molecule has 170 valence electrons. The van der Waals surface area contributed by atoms with Gasteiger partial charge in [0.2, 0.25) is 0 Å². The normalized spacial score (nSPS) is 11.5. The molecular weight excluding hydrogens is 463 g/mol. The highest BCUT2D eigenvalue weighted by Gasteiger charge is 2.35. The average Bonchev–Trinajstić information content (AvgIpc) is 3.14. The Balaban J connectivity index is 1.59. The molecule has 1 N–H and O–H groups in total. The van der Waals surface area contributed by atoms with Crippen LogP contribution in [0.5, 0.6) is 5.75 Å². The van der Waals surface area contributed by atoms with Crippen molar-refractivity contribution in [2.24, 2.45) is 0 Å². The van der Waals surface area contributed by atoms with Gasteiger partial charge >= 0.3 is 6.18 Å². The van der Waals surface area contributed by atoms with Gasteiger partial charge in [-0.1, -0.05) is 23.7 Å². The van der Waals surface area contributed by atoms with E-state index in [0.717, 1.165) is 16.7 Å². The molecule has 2 aromatic carbocycles. The van der Waals surface area contributed by atoms with Crippen LogP contribution in [-0.2, 0) is 12.8 Å². The fourth-order valence-corrected chi connectivity index (χ4v) is 3.30. The Hall–Kier alpha value is -3.79. The van der Waals surface area contributed by atoms with Crippen molar-refractivity contribution in [1.82, 2.24) is 9.56 Å². The molecule has 0 bridgehead atoms. The molecule has 33 heavy (non-hydrogen) atoms. The predicted octanol–water partition coefficient (Wildman–Crippen LogP) is 5.10. The summed E-state index contributed by atoms with van der Waals surface area (Å²) >= 11 is 6.02. The van der Waals surface area contributed by atoms with Gasteiger partial charge in [-0.25, -0.2) is 4.98 Å². The Morgan fingerprint density at radius 2 is 1.94 bits per heavy atom. The third-order valence-corrected chi connectivity index (χ3v) is 4.80. The number of nitrogens with one attached hydrogen (secondary N) is 1. The highest BCUT2D eigenvalue weighted by atomic mass is 35.5. The molecule has 0 saturated carbocycles. The number of benzene rings is 2. The highest BCUT2D eigenvalue weighted by Crippen LogP contribution is 2.33. The van der Waals surface area contributed by atoms with Crippen LogP contribution in [0.4, 0.5) is 18.9 Å². The second kappa shape index (κ2) is 8.62. The smallest absolute Gasteiger partial charge is 0.417 e. The minimum atomic E-state index is -4.70. The van der Waals surface area contributed by atoms with E-state index < -0.39 is 28.8 Å². The number of alkyl halides is 3. The van der Waals surface area contributed by atoms with Crippen molar-refractivity contribution in [3.8, 4) is 5.75 Å². The first-order valence-electron chi connectivity index (χ1n) is 9.51. The first-order valence-corrected chi connectivity index (χ1v) is 9.89. The molecule has 7 nitrogen and oxygen atoms in total. The van der Waals surface area contributed by atoms with E-state index in [9.17, 15) is 22.8 Å². The monoisotopic (exact) mass is 477 g/mol. The largest absolute Gasteiger partial charge is 0.485 e. The Morgan fingerprint density at radius 1 is 1.18 bits per heavy atom. The second-order valence-electron chi connectivity index (χ2n) is 7.01. The molecule has 0 fully saturated rings. The van der Waals surface area contributed by atoms with Gasteiger partial charge in [-0.05, 0) is 31.2 Å². The van der Waals surface area contributed by atoms with Crippen LogP contribution in [0.25, 0.3) is 5.65 Å². The summed E-state index contributed by atoms with van der Waals surface area (Å²) in [4.78, 5) is 29.1. The van der Waals surface area contributed by atoms with Crippen molar-refractivity contribution in [2.45, 2.75) is 19.7 Å². The van der Waals surface area contributed by atoms with E-state index in [0.29, 0.717) is 11.4 Å². The zero-order valence-corrected chi connectivity index (χ0v) is 17.7. The van der Waals surface area contributed by atoms with Gasteiger partial charge in [-0.15, -0.1) is 4.57 Å². The van der Waals surface area contributed by atoms with Crippen LogP contribution in [0.2, 0.25) is 5.02 Å². The number of fused-ring (bicyclic) bond motifs is 1. The minimum absolute atomic E-state index is 0.0886. The molecule has 0 atom stereocenters. The van der Waals surface area contributed by atoms with Crippen LogP contribution in [-0.4, -0.2) is 15.5 Å². The third kappa shape index (κ3) is 4.85. The topological polar surface area (TPSA) is 85.8 Å². The van der Waals surface area contributed by atoms with Crippen LogP contribution in [0, 0.1) is 6.92 Å². The first kappa shape index (κ1) is 22.4. The SMILES string of the molecule is Cc1cc2nc(COc3cc(Cl)ccc3NC(=O)c3ccccc3C(F)(F)F)cc(=O)n2o1. The number of halogens is 4. The number of ether oxygens (including phenoxy) is 1. The number of rotatable bonds is 5. The van der Waals surface area contributed by atoms with E-state index >= 15 is 0 Å². The summed E-state index contributed by atoms with van der Waals surface area (Å²) in [5, 5.41) is 2.69. The molecule has 0 spiro atoms. The lowest BCUT2D eigenvalue weighted by atomic mass is 10.1. The maximum absolute atomic E-state index is 13.3. The van der Waals surface area contributed by atoms with Gasteiger partial charge in [-0.2, -0.15) is 13.2 Å². The molecule has 2 heterocycles. The van der Waals surface area contributed by atoms with Crippen LogP contribution in [0.1, 0.15) is 27.4 Å². The van der Waals surface area contributed by atoms with Crippen molar-refractivity contribution in [3.63, 3.8) is 0 Å². The van der Waals surface area contributed by atoms with Gasteiger partial charge in [0.05, 0.1) is 22.5 Å². The van der Waals surface area contributed by atoms with Crippen molar-refractivity contribution in [2.75, 3.05) is 5.32 Å². The van der Waals surface area contributed by atoms with E-state index in [-0.39, 0.29) is 28.8 Å². The molecular formula is C22H15ClF3N3O4. The number of hydrogen-bond donors (Lipinski definition) is 1. The van der Waals surface area contributed by atoms with Crippen LogP contribution in [0.3, 0.4) is 0 Å². The van der Waals surface area contributed by atoms with Gasteiger partial charge in [-0.3, -0.25) is 9.59 Å². The average molecular weight is 478 g/mol. The summed E-state index contributed by atoms with van der Waals surface area (Å²) in [6.45, 7) is 1.50. The standard InChI is InChI=1S/C22H15ClF3N3O4/c1-12-8-19-27-14(10-20(30)29(19)33-12)11-32-18-9-13(23)6-7-17(18)28-21(31)15-4-2-3-5-16(15)22(24,25)26/h2-10H,11H2,1H3,(H,28,31). The van der Waals surface area contributed by atoms with E-state index in [4.69, 9.17) is 20.9 Å². The fourth-order valence-electron chi connectivity index (χ4n) is 3.14. The van der Waals surface area contributed by atoms with Crippen molar-refractivity contribution in [3.05, 3.63) is 92.6 Å². The van der Waals surface area contributed by atoms with Crippen molar-refractivity contribution in [1.29, 1.82) is 0 Å². The third-order valence-electron chi connectivity index (χ3n) is 4.57. The summed E-state index contributed by atoms with van der Waals surface area (Å²) in [6, 6.07) is 11.5. The molecule has 1 amide bonds. The highest BCUT2D eigenvalue weighted by molar-refractivity contribution is 6.30. The lowest BCUT2D eigenvalue weighted by Crippen LogP contribution is -2.19. The van der Waals surface area contributed by atoms with Crippen molar-refractivity contribution < 1.29 is 27.2 Å². The number of anilines is 1. The van der Waals surface area contributed by atoms with Crippen LogP contribution < -0.4 is 15.6 Å². The van der Waals surface area contributed by atoms with E-state index in [2.05, 4.69) is 10.3 Å². The number of carbonyl (C=O) groups is 1. The number of nitrogens with zero attached hydrogens (tertiary/aromatic N) is 2.